The molecule has 1 atom stereocenters. The molecule has 0 amide bonds. The predicted molar refractivity (Wildman–Crippen MR) is 115 cm³/mol. The SMILES string of the molecule is C[C@H](Nc1ncnc2[nH]cnc12)c1cc2cccc(F)c2c(N2CCN(C)CC2)n1. The van der Waals surface area contributed by atoms with Crippen LogP contribution in [0.1, 0.15) is 18.7 Å². The number of rotatable bonds is 4. The van der Waals surface area contributed by atoms with Crippen LogP contribution in [-0.2, 0) is 0 Å². The van der Waals surface area contributed by atoms with Crippen LogP contribution in [-0.4, -0.2) is 63.0 Å². The zero-order chi connectivity index (χ0) is 20.7. The van der Waals surface area contributed by atoms with Gasteiger partial charge in [-0.15, -0.1) is 0 Å². The van der Waals surface area contributed by atoms with Gasteiger partial charge in [0.25, 0.3) is 0 Å². The van der Waals surface area contributed by atoms with Crippen molar-refractivity contribution < 1.29 is 4.39 Å². The Hall–Kier alpha value is -3.33. The Morgan fingerprint density at radius 3 is 2.80 bits per heavy atom. The van der Waals surface area contributed by atoms with E-state index in [9.17, 15) is 4.39 Å². The van der Waals surface area contributed by atoms with E-state index in [1.54, 1.807) is 12.4 Å². The number of hydrogen-bond donors (Lipinski definition) is 2. The average Bonchev–Trinajstić information content (AvgIpc) is 3.24. The van der Waals surface area contributed by atoms with Gasteiger partial charge in [-0.1, -0.05) is 12.1 Å². The van der Waals surface area contributed by atoms with E-state index in [-0.39, 0.29) is 11.9 Å². The van der Waals surface area contributed by atoms with Gasteiger partial charge in [0.1, 0.15) is 23.5 Å². The van der Waals surface area contributed by atoms with Crippen LogP contribution in [0.15, 0.2) is 36.9 Å². The Labute approximate surface area is 173 Å². The largest absolute Gasteiger partial charge is 0.360 e. The zero-order valence-electron chi connectivity index (χ0n) is 16.9. The number of halogens is 1. The summed E-state index contributed by atoms with van der Waals surface area (Å²) in [6, 6.07) is 6.97. The lowest BCUT2D eigenvalue weighted by Crippen LogP contribution is -2.45. The highest BCUT2D eigenvalue weighted by Crippen LogP contribution is 2.32. The Bertz CT molecular complexity index is 1200. The Balaban J connectivity index is 1.55. The Morgan fingerprint density at radius 2 is 1.97 bits per heavy atom. The fourth-order valence-electron chi connectivity index (χ4n) is 3.88. The summed E-state index contributed by atoms with van der Waals surface area (Å²) in [5, 5.41) is 4.81. The molecule has 1 aromatic carbocycles. The molecule has 1 saturated heterocycles. The van der Waals surface area contributed by atoms with Gasteiger partial charge >= 0.3 is 0 Å². The summed E-state index contributed by atoms with van der Waals surface area (Å²) in [7, 11) is 2.10. The molecule has 0 spiro atoms. The van der Waals surface area contributed by atoms with Crippen molar-refractivity contribution in [2.45, 2.75) is 13.0 Å². The fraction of sp³-hybridized carbons (Fsp3) is 0.333. The molecule has 0 radical (unpaired) electrons. The minimum Gasteiger partial charge on any atom is -0.360 e. The summed E-state index contributed by atoms with van der Waals surface area (Å²) in [6.07, 6.45) is 3.09. The number of pyridine rings is 1. The van der Waals surface area contributed by atoms with Crippen molar-refractivity contribution in [3.8, 4) is 0 Å². The van der Waals surface area contributed by atoms with E-state index in [4.69, 9.17) is 4.98 Å². The number of anilines is 2. The van der Waals surface area contributed by atoms with Crippen LogP contribution < -0.4 is 10.2 Å². The number of aromatic amines is 1. The van der Waals surface area contributed by atoms with Gasteiger partial charge in [0.15, 0.2) is 11.5 Å². The van der Waals surface area contributed by atoms with Crippen LogP contribution in [0.4, 0.5) is 16.0 Å². The molecular formula is C21H23FN8. The van der Waals surface area contributed by atoms with Gasteiger partial charge in [0, 0.05) is 26.2 Å². The molecule has 0 unspecified atom stereocenters. The molecule has 2 N–H and O–H groups in total. The maximum atomic E-state index is 14.8. The summed E-state index contributed by atoms with van der Waals surface area (Å²) < 4.78 is 14.8. The van der Waals surface area contributed by atoms with Gasteiger partial charge in [-0.05, 0) is 31.5 Å². The molecular weight excluding hydrogens is 383 g/mol. The van der Waals surface area contributed by atoms with Gasteiger partial charge in [0.05, 0.1) is 23.4 Å². The topological polar surface area (TPSA) is 85.9 Å². The monoisotopic (exact) mass is 406 g/mol. The summed E-state index contributed by atoms with van der Waals surface area (Å²) in [5.41, 5.74) is 2.17. The molecule has 9 heteroatoms. The Kier molecular flexibility index (Phi) is 4.66. The molecule has 1 aliphatic rings. The van der Waals surface area contributed by atoms with Crippen LogP contribution in [0.2, 0.25) is 0 Å². The van der Waals surface area contributed by atoms with Crippen molar-refractivity contribution >= 4 is 33.6 Å². The first kappa shape index (κ1) is 18.7. The second-order valence-corrected chi connectivity index (χ2v) is 7.69. The number of H-pyrrole nitrogens is 1. The number of aromatic nitrogens is 5. The van der Waals surface area contributed by atoms with Crippen molar-refractivity contribution in [2.24, 2.45) is 0 Å². The van der Waals surface area contributed by atoms with Crippen LogP contribution in [0.25, 0.3) is 21.9 Å². The fourth-order valence-corrected chi connectivity index (χ4v) is 3.88. The number of likely N-dealkylation sites (N-methyl/N-ethyl adjacent to an activating group) is 1. The van der Waals surface area contributed by atoms with Gasteiger partial charge in [-0.2, -0.15) is 0 Å². The van der Waals surface area contributed by atoms with Crippen LogP contribution in [0, 0.1) is 5.82 Å². The van der Waals surface area contributed by atoms with Crippen molar-refractivity contribution in [1.82, 2.24) is 29.8 Å². The molecule has 30 heavy (non-hydrogen) atoms. The van der Waals surface area contributed by atoms with Crippen molar-refractivity contribution in [2.75, 3.05) is 43.4 Å². The number of nitrogens with one attached hydrogen (secondary N) is 2. The summed E-state index contributed by atoms with van der Waals surface area (Å²) in [4.78, 5) is 25.2. The third-order valence-electron chi connectivity index (χ3n) is 5.62. The molecule has 5 rings (SSSR count). The van der Waals surface area contributed by atoms with Crippen molar-refractivity contribution in [3.63, 3.8) is 0 Å². The van der Waals surface area contributed by atoms with Crippen LogP contribution in [0.5, 0.6) is 0 Å². The highest BCUT2D eigenvalue weighted by atomic mass is 19.1. The normalized spacial score (nSPS) is 16.3. The van der Waals surface area contributed by atoms with E-state index in [2.05, 4.69) is 42.1 Å². The van der Waals surface area contributed by atoms with E-state index in [0.717, 1.165) is 37.3 Å². The highest BCUT2D eigenvalue weighted by Gasteiger charge is 2.22. The average molecular weight is 406 g/mol. The van der Waals surface area contributed by atoms with Crippen molar-refractivity contribution in [1.29, 1.82) is 0 Å². The van der Waals surface area contributed by atoms with E-state index < -0.39 is 0 Å². The number of fused-ring (bicyclic) bond motifs is 2. The number of nitrogens with zero attached hydrogens (tertiary/aromatic N) is 6. The number of imidazole rings is 1. The molecule has 1 aliphatic heterocycles. The standard InChI is InChI=1S/C21H23FN8/c1-13(27-20-18-19(24-11-23-18)25-12-26-20)16-10-14-4-3-5-15(22)17(14)21(28-16)30-8-6-29(2)7-9-30/h3-5,10-13H,6-9H2,1-2H3,(H2,23,24,25,26,27)/t13-/m0/s1. The summed E-state index contributed by atoms with van der Waals surface area (Å²) in [6.45, 7) is 5.50. The lowest BCUT2D eigenvalue weighted by molar-refractivity contribution is 0.312. The molecule has 0 bridgehead atoms. The van der Waals surface area contributed by atoms with E-state index in [1.165, 1.54) is 12.4 Å². The first-order valence-corrected chi connectivity index (χ1v) is 10.0. The van der Waals surface area contributed by atoms with E-state index in [1.807, 2.05) is 19.1 Å². The third kappa shape index (κ3) is 3.30. The van der Waals surface area contributed by atoms with Crippen LogP contribution >= 0.6 is 0 Å². The zero-order valence-corrected chi connectivity index (χ0v) is 16.9. The lowest BCUT2D eigenvalue weighted by atomic mass is 10.1. The summed E-state index contributed by atoms with van der Waals surface area (Å²) in [5.74, 6) is 1.10. The van der Waals surface area contributed by atoms with E-state index >= 15 is 0 Å². The molecule has 0 aliphatic carbocycles. The van der Waals surface area contributed by atoms with Gasteiger partial charge < -0.3 is 20.1 Å². The first-order chi connectivity index (χ1) is 14.6. The number of benzene rings is 1. The smallest absolute Gasteiger partial charge is 0.162 e. The van der Waals surface area contributed by atoms with E-state index in [0.29, 0.717) is 28.2 Å². The molecule has 4 heterocycles. The Morgan fingerprint density at radius 1 is 1.13 bits per heavy atom. The molecule has 154 valence electrons. The second kappa shape index (κ2) is 7.49. The highest BCUT2D eigenvalue weighted by molar-refractivity contribution is 5.93. The third-order valence-corrected chi connectivity index (χ3v) is 5.62. The minimum atomic E-state index is -0.241. The van der Waals surface area contributed by atoms with Gasteiger partial charge in [-0.25, -0.2) is 24.3 Å². The van der Waals surface area contributed by atoms with Crippen molar-refractivity contribution in [3.05, 3.63) is 48.4 Å². The van der Waals surface area contributed by atoms with Crippen LogP contribution in [0.3, 0.4) is 0 Å². The second-order valence-electron chi connectivity index (χ2n) is 7.69. The minimum absolute atomic E-state index is 0.154. The number of hydrogen-bond acceptors (Lipinski definition) is 7. The molecule has 0 saturated carbocycles. The quantitative estimate of drug-likeness (QED) is 0.539. The molecule has 3 aromatic heterocycles. The predicted octanol–water partition coefficient (Wildman–Crippen LogP) is 2.97. The molecule has 4 aromatic rings. The van der Waals surface area contributed by atoms with Gasteiger partial charge in [-0.3, -0.25) is 0 Å². The summed E-state index contributed by atoms with van der Waals surface area (Å²) >= 11 is 0. The number of piperazine rings is 1. The maximum Gasteiger partial charge on any atom is 0.162 e. The maximum absolute atomic E-state index is 14.8. The first-order valence-electron chi connectivity index (χ1n) is 10.0. The lowest BCUT2D eigenvalue weighted by Gasteiger charge is -2.34. The molecule has 8 nitrogen and oxygen atoms in total. The molecule has 1 fully saturated rings. The van der Waals surface area contributed by atoms with Gasteiger partial charge in [0.2, 0.25) is 0 Å².